The van der Waals surface area contributed by atoms with Crippen molar-refractivity contribution in [3.8, 4) is 10.7 Å². The largest absolute Gasteiger partial charge is 0.392 e. The number of nitrogens with zero attached hydrogens (tertiary/aromatic N) is 4. The van der Waals surface area contributed by atoms with Crippen molar-refractivity contribution in [1.82, 2.24) is 25.3 Å². The number of aromatic nitrogens is 2. The van der Waals surface area contributed by atoms with Crippen LogP contribution in [0.5, 0.6) is 0 Å². The number of nitrogens with one attached hydrogen (secondary N) is 1. The zero-order valence-electron chi connectivity index (χ0n) is 14.7. The van der Waals surface area contributed by atoms with E-state index in [1.165, 1.54) is 0 Å². The monoisotopic (exact) mass is 377 g/mol. The molecular weight excluding hydrogens is 354 g/mol. The summed E-state index contributed by atoms with van der Waals surface area (Å²) in [7, 11) is 0. The van der Waals surface area contributed by atoms with Crippen molar-refractivity contribution in [2.24, 2.45) is 0 Å². The smallest absolute Gasteiger partial charge is 0.244 e. The maximum Gasteiger partial charge on any atom is 0.244 e. The van der Waals surface area contributed by atoms with E-state index in [-0.39, 0.29) is 18.0 Å². The molecule has 4 heterocycles. The second-order valence-electron chi connectivity index (χ2n) is 6.82. The van der Waals surface area contributed by atoms with E-state index < -0.39 is 6.10 Å². The van der Waals surface area contributed by atoms with Crippen LogP contribution in [0.2, 0.25) is 0 Å². The Hall–Kier alpha value is -1.81. The number of β-amino-alcohol motifs (C(OH)–C–C–N with tert-alkyl or cyclic N) is 1. The summed E-state index contributed by atoms with van der Waals surface area (Å²) >= 11 is 1.59. The van der Waals surface area contributed by atoms with Crippen LogP contribution in [0, 0.1) is 0 Å². The van der Waals surface area contributed by atoms with Gasteiger partial charge < -0.3 is 19.8 Å². The second-order valence-corrected chi connectivity index (χ2v) is 7.77. The zero-order chi connectivity index (χ0) is 18.1. The van der Waals surface area contributed by atoms with E-state index in [0.717, 1.165) is 18.0 Å². The second kappa shape index (κ2) is 7.43. The lowest BCUT2D eigenvalue weighted by Crippen LogP contribution is -2.53. The van der Waals surface area contributed by atoms with Gasteiger partial charge >= 0.3 is 0 Å². The molecule has 1 amide bonds. The van der Waals surface area contributed by atoms with Gasteiger partial charge in [-0.25, -0.2) is 0 Å². The van der Waals surface area contributed by atoms with Gasteiger partial charge in [0, 0.05) is 32.7 Å². The van der Waals surface area contributed by atoms with Crippen LogP contribution in [0.4, 0.5) is 0 Å². The third-order valence-corrected chi connectivity index (χ3v) is 5.99. The third kappa shape index (κ3) is 3.52. The highest BCUT2D eigenvalue weighted by Gasteiger charge is 2.34. The molecule has 0 spiro atoms. The molecule has 2 aromatic heterocycles. The normalized spacial score (nSPS) is 25.5. The third-order valence-electron chi connectivity index (χ3n) is 5.12. The first-order chi connectivity index (χ1) is 12.6. The molecule has 2 fully saturated rings. The lowest BCUT2D eigenvalue weighted by Gasteiger charge is -2.37. The number of hydrogen-bond acceptors (Lipinski definition) is 8. The fraction of sp³-hybridized carbons (Fsp3) is 0.588. The van der Waals surface area contributed by atoms with Gasteiger partial charge in [-0.05, 0) is 24.8 Å². The van der Waals surface area contributed by atoms with E-state index in [0.29, 0.717) is 37.8 Å². The van der Waals surface area contributed by atoms with Gasteiger partial charge in [-0.3, -0.25) is 9.69 Å². The van der Waals surface area contributed by atoms with Gasteiger partial charge in [0.1, 0.15) is 0 Å². The van der Waals surface area contributed by atoms with Crippen LogP contribution in [0.25, 0.3) is 10.7 Å². The van der Waals surface area contributed by atoms with Crippen LogP contribution >= 0.6 is 11.3 Å². The summed E-state index contributed by atoms with van der Waals surface area (Å²) in [5.74, 6) is 1.32. The van der Waals surface area contributed by atoms with E-state index in [2.05, 4.69) is 27.3 Å². The Bertz CT molecular complexity index is 741. The molecule has 2 aromatic rings. The van der Waals surface area contributed by atoms with Crippen molar-refractivity contribution < 1.29 is 14.4 Å². The zero-order valence-corrected chi connectivity index (χ0v) is 15.5. The van der Waals surface area contributed by atoms with Gasteiger partial charge in [0.05, 0.1) is 23.1 Å². The minimum absolute atomic E-state index is 0.0138. The molecule has 0 bridgehead atoms. The molecule has 3 unspecified atom stereocenters. The molecule has 2 N–H and O–H groups in total. The van der Waals surface area contributed by atoms with Crippen LogP contribution in [0.3, 0.4) is 0 Å². The standard InChI is InChI=1S/C17H23N5O3S/c1-11(16-19-15(20-25-16)14-3-2-8-26-14)21-4-6-22(7-5-21)17(24)13-9-12(23)10-18-13/h2-3,8,11-13,18,23H,4-7,9-10H2,1H3. The first-order valence-corrected chi connectivity index (χ1v) is 9.81. The summed E-state index contributed by atoms with van der Waals surface area (Å²) in [4.78, 5) is 22.2. The predicted molar refractivity (Wildman–Crippen MR) is 96.6 cm³/mol. The summed E-state index contributed by atoms with van der Waals surface area (Å²) in [5, 5.41) is 18.8. The molecule has 0 aliphatic carbocycles. The number of carbonyl (C=O) groups excluding carboxylic acids is 1. The van der Waals surface area contributed by atoms with Gasteiger partial charge in [-0.15, -0.1) is 11.3 Å². The Kier molecular flexibility index (Phi) is 5.03. The predicted octanol–water partition coefficient (Wildman–Crippen LogP) is 0.726. The van der Waals surface area contributed by atoms with Gasteiger partial charge in [0.2, 0.25) is 17.6 Å². The maximum atomic E-state index is 12.5. The summed E-state index contributed by atoms with van der Waals surface area (Å²) in [6.07, 6.45) is 0.0865. The van der Waals surface area contributed by atoms with Crippen LogP contribution in [0.1, 0.15) is 25.3 Å². The molecule has 8 nitrogen and oxygen atoms in total. The highest BCUT2D eigenvalue weighted by Crippen LogP contribution is 2.26. The van der Waals surface area contributed by atoms with E-state index in [9.17, 15) is 9.90 Å². The summed E-state index contributed by atoms with van der Waals surface area (Å²) in [5.41, 5.74) is 0. The van der Waals surface area contributed by atoms with Crippen molar-refractivity contribution in [2.75, 3.05) is 32.7 Å². The number of carbonyl (C=O) groups is 1. The number of piperazine rings is 1. The van der Waals surface area contributed by atoms with Crippen LogP contribution in [-0.2, 0) is 4.79 Å². The Balaban J connectivity index is 1.33. The molecule has 2 saturated heterocycles. The number of amides is 1. The Morgan fingerprint density at radius 3 is 2.88 bits per heavy atom. The Labute approximate surface area is 155 Å². The number of hydrogen-bond donors (Lipinski definition) is 2. The topological polar surface area (TPSA) is 94.7 Å². The highest BCUT2D eigenvalue weighted by atomic mass is 32.1. The molecule has 3 atom stereocenters. The molecule has 2 aliphatic heterocycles. The molecule has 140 valence electrons. The quantitative estimate of drug-likeness (QED) is 0.811. The van der Waals surface area contributed by atoms with Crippen LogP contribution in [0.15, 0.2) is 22.0 Å². The first-order valence-electron chi connectivity index (χ1n) is 8.93. The van der Waals surface area contributed by atoms with E-state index >= 15 is 0 Å². The van der Waals surface area contributed by atoms with Gasteiger partial charge in [0.25, 0.3) is 0 Å². The minimum Gasteiger partial charge on any atom is -0.392 e. The molecule has 0 radical (unpaired) electrons. The fourth-order valence-electron chi connectivity index (χ4n) is 3.52. The average molecular weight is 377 g/mol. The summed E-state index contributed by atoms with van der Waals surface area (Å²) < 4.78 is 5.46. The molecule has 9 heteroatoms. The molecular formula is C17H23N5O3S. The Morgan fingerprint density at radius 2 is 2.23 bits per heavy atom. The number of aliphatic hydroxyl groups is 1. The fourth-order valence-corrected chi connectivity index (χ4v) is 4.17. The molecule has 4 rings (SSSR count). The summed E-state index contributed by atoms with van der Waals surface area (Å²) in [6, 6.07) is 3.70. The highest BCUT2D eigenvalue weighted by molar-refractivity contribution is 7.13. The Morgan fingerprint density at radius 1 is 1.42 bits per heavy atom. The molecule has 2 aliphatic rings. The van der Waals surface area contributed by atoms with E-state index in [1.807, 2.05) is 22.4 Å². The van der Waals surface area contributed by atoms with Gasteiger partial charge in [-0.2, -0.15) is 4.98 Å². The number of rotatable bonds is 4. The van der Waals surface area contributed by atoms with Crippen molar-refractivity contribution in [3.63, 3.8) is 0 Å². The first kappa shape index (κ1) is 17.6. The van der Waals surface area contributed by atoms with Crippen LogP contribution in [-0.4, -0.2) is 75.8 Å². The minimum atomic E-state index is -0.416. The van der Waals surface area contributed by atoms with E-state index in [1.54, 1.807) is 11.3 Å². The average Bonchev–Trinajstić information content (AvgIpc) is 3.41. The molecule has 0 aromatic carbocycles. The molecule has 26 heavy (non-hydrogen) atoms. The van der Waals surface area contributed by atoms with Crippen molar-refractivity contribution in [1.29, 1.82) is 0 Å². The SMILES string of the molecule is CC(c1nc(-c2cccs2)no1)N1CCN(C(=O)C2CC(O)CN2)CC1. The lowest BCUT2D eigenvalue weighted by molar-refractivity contribution is -0.135. The maximum absolute atomic E-state index is 12.5. The van der Waals surface area contributed by atoms with Crippen molar-refractivity contribution >= 4 is 17.2 Å². The number of thiophene rings is 1. The molecule has 0 saturated carbocycles. The lowest BCUT2D eigenvalue weighted by atomic mass is 10.1. The van der Waals surface area contributed by atoms with Gasteiger partial charge in [-0.1, -0.05) is 11.2 Å². The number of aliphatic hydroxyl groups excluding tert-OH is 1. The van der Waals surface area contributed by atoms with Crippen molar-refractivity contribution in [3.05, 3.63) is 23.4 Å². The van der Waals surface area contributed by atoms with Crippen molar-refractivity contribution in [2.45, 2.75) is 31.5 Å². The summed E-state index contributed by atoms with van der Waals surface area (Å²) in [6.45, 7) is 5.42. The van der Waals surface area contributed by atoms with E-state index in [4.69, 9.17) is 4.52 Å². The van der Waals surface area contributed by atoms with Gasteiger partial charge in [0.15, 0.2) is 0 Å². The van der Waals surface area contributed by atoms with Crippen LogP contribution < -0.4 is 5.32 Å².